The molecule has 1 fully saturated rings. The molecule has 98 valence electrons. The van der Waals surface area contributed by atoms with Crippen molar-refractivity contribution in [1.82, 2.24) is 10.2 Å². The van der Waals surface area contributed by atoms with Crippen LogP contribution in [0.1, 0.15) is 23.2 Å². The molecule has 5 heteroatoms. The van der Waals surface area contributed by atoms with Crippen molar-refractivity contribution >= 4 is 17.5 Å². The third-order valence-electron chi connectivity index (χ3n) is 3.35. The van der Waals surface area contributed by atoms with Crippen molar-refractivity contribution in [3.8, 4) is 0 Å². The number of hydrogen-bond acceptors (Lipinski definition) is 2. The topological polar surface area (TPSA) is 32.3 Å². The maximum absolute atomic E-state index is 12.9. The Labute approximate surface area is 111 Å². The lowest BCUT2D eigenvalue weighted by Crippen LogP contribution is -2.44. The fourth-order valence-electron chi connectivity index (χ4n) is 2.20. The highest BCUT2D eigenvalue weighted by Crippen LogP contribution is 2.21. The van der Waals surface area contributed by atoms with Crippen LogP contribution >= 0.6 is 11.6 Å². The summed E-state index contributed by atoms with van der Waals surface area (Å²) in [5.41, 5.74) is 0.376. The first kappa shape index (κ1) is 13.3. The molecule has 0 aromatic heterocycles. The van der Waals surface area contributed by atoms with Crippen molar-refractivity contribution in [2.24, 2.45) is 0 Å². The van der Waals surface area contributed by atoms with Crippen LogP contribution in [0.4, 0.5) is 4.39 Å². The van der Waals surface area contributed by atoms with Gasteiger partial charge in [0.25, 0.3) is 5.91 Å². The second-order valence-electron chi connectivity index (χ2n) is 4.48. The molecule has 0 spiro atoms. The molecule has 1 aliphatic heterocycles. The summed E-state index contributed by atoms with van der Waals surface area (Å²) in [7, 11) is 1.93. The quantitative estimate of drug-likeness (QED) is 0.894. The SMILES string of the molecule is CNC1CCN(C(=O)c2ccc(F)cc2Cl)CC1. The molecule has 2 rings (SSSR count). The highest BCUT2D eigenvalue weighted by molar-refractivity contribution is 6.33. The van der Waals surface area contributed by atoms with Gasteiger partial charge in [0.05, 0.1) is 10.6 Å². The molecule has 1 heterocycles. The van der Waals surface area contributed by atoms with Crippen molar-refractivity contribution in [3.05, 3.63) is 34.6 Å². The van der Waals surface area contributed by atoms with E-state index in [1.165, 1.54) is 18.2 Å². The van der Waals surface area contributed by atoms with Gasteiger partial charge in [0.15, 0.2) is 0 Å². The van der Waals surface area contributed by atoms with E-state index in [0.717, 1.165) is 12.8 Å². The van der Waals surface area contributed by atoms with Gasteiger partial charge < -0.3 is 10.2 Å². The van der Waals surface area contributed by atoms with Crippen LogP contribution in [0, 0.1) is 5.82 Å². The van der Waals surface area contributed by atoms with Gasteiger partial charge in [0.1, 0.15) is 5.82 Å². The highest BCUT2D eigenvalue weighted by Gasteiger charge is 2.24. The largest absolute Gasteiger partial charge is 0.338 e. The molecule has 1 aliphatic rings. The van der Waals surface area contributed by atoms with Crippen LogP contribution in [0.3, 0.4) is 0 Å². The van der Waals surface area contributed by atoms with Gasteiger partial charge in [-0.15, -0.1) is 0 Å². The minimum atomic E-state index is -0.426. The van der Waals surface area contributed by atoms with Crippen molar-refractivity contribution in [3.63, 3.8) is 0 Å². The fraction of sp³-hybridized carbons (Fsp3) is 0.462. The normalized spacial score (nSPS) is 16.9. The van der Waals surface area contributed by atoms with Crippen LogP contribution in [-0.2, 0) is 0 Å². The molecule has 18 heavy (non-hydrogen) atoms. The maximum atomic E-state index is 12.9. The van der Waals surface area contributed by atoms with E-state index >= 15 is 0 Å². The number of carbonyl (C=O) groups is 1. The van der Waals surface area contributed by atoms with Crippen molar-refractivity contribution in [2.45, 2.75) is 18.9 Å². The molecule has 1 aromatic rings. The van der Waals surface area contributed by atoms with E-state index in [2.05, 4.69) is 5.32 Å². The Morgan fingerprint density at radius 3 is 2.67 bits per heavy atom. The van der Waals surface area contributed by atoms with Gasteiger partial charge >= 0.3 is 0 Å². The number of halogens is 2. The summed E-state index contributed by atoms with van der Waals surface area (Å²) in [6, 6.07) is 4.36. The van der Waals surface area contributed by atoms with Crippen LogP contribution in [0.25, 0.3) is 0 Å². The Bertz CT molecular complexity index is 445. The molecule has 1 saturated heterocycles. The fourth-order valence-corrected chi connectivity index (χ4v) is 2.45. The van der Waals surface area contributed by atoms with Gasteiger partial charge in [-0.3, -0.25) is 4.79 Å². The molecule has 3 nitrogen and oxygen atoms in total. The Morgan fingerprint density at radius 2 is 2.11 bits per heavy atom. The molecule has 0 aliphatic carbocycles. The van der Waals surface area contributed by atoms with E-state index in [1.54, 1.807) is 4.90 Å². The first-order valence-corrected chi connectivity index (χ1v) is 6.41. The molecular formula is C13H16ClFN2O. The minimum Gasteiger partial charge on any atom is -0.338 e. The zero-order valence-corrected chi connectivity index (χ0v) is 11.0. The number of amides is 1. The van der Waals surface area contributed by atoms with Gasteiger partial charge in [-0.2, -0.15) is 0 Å². The second-order valence-corrected chi connectivity index (χ2v) is 4.89. The van der Waals surface area contributed by atoms with Gasteiger partial charge in [-0.1, -0.05) is 11.6 Å². The molecule has 1 N–H and O–H groups in total. The van der Waals surface area contributed by atoms with Gasteiger partial charge in [-0.25, -0.2) is 4.39 Å². The summed E-state index contributed by atoms with van der Waals surface area (Å²) in [4.78, 5) is 14.0. The molecule has 0 atom stereocenters. The molecule has 1 aromatic carbocycles. The van der Waals surface area contributed by atoms with Crippen LogP contribution in [0.2, 0.25) is 5.02 Å². The van der Waals surface area contributed by atoms with Crippen LogP contribution in [0.15, 0.2) is 18.2 Å². The standard InChI is InChI=1S/C13H16ClFN2O/c1-16-10-4-6-17(7-5-10)13(18)11-3-2-9(15)8-12(11)14/h2-3,8,10,16H,4-7H2,1H3. The third-order valence-corrected chi connectivity index (χ3v) is 3.66. The summed E-state index contributed by atoms with van der Waals surface area (Å²) >= 11 is 5.90. The van der Waals surface area contributed by atoms with E-state index in [0.29, 0.717) is 24.7 Å². The van der Waals surface area contributed by atoms with E-state index < -0.39 is 5.82 Å². The van der Waals surface area contributed by atoms with Crippen LogP contribution in [-0.4, -0.2) is 37.0 Å². The number of rotatable bonds is 2. The number of carbonyl (C=O) groups excluding carboxylic acids is 1. The minimum absolute atomic E-state index is 0.116. The van der Waals surface area contributed by atoms with E-state index in [-0.39, 0.29) is 10.9 Å². The van der Waals surface area contributed by atoms with Crippen molar-refractivity contribution in [1.29, 1.82) is 0 Å². The molecule has 1 amide bonds. The van der Waals surface area contributed by atoms with E-state index in [1.807, 2.05) is 7.05 Å². The number of nitrogens with zero attached hydrogens (tertiary/aromatic N) is 1. The average molecular weight is 271 g/mol. The lowest BCUT2D eigenvalue weighted by atomic mass is 10.0. The zero-order valence-electron chi connectivity index (χ0n) is 10.2. The number of benzene rings is 1. The summed E-state index contributed by atoms with van der Waals surface area (Å²) in [6.07, 6.45) is 1.86. The molecule has 0 saturated carbocycles. The molecule has 0 bridgehead atoms. The molecular weight excluding hydrogens is 255 g/mol. The van der Waals surface area contributed by atoms with Gasteiger partial charge in [0, 0.05) is 19.1 Å². The Balaban J connectivity index is 2.08. The monoisotopic (exact) mass is 270 g/mol. The van der Waals surface area contributed by atoms with Crippen molar-refractivity contribution in [2.75, 3.05) is 20.1 Å². The summed E-state index contributed by atoms with van der Waals surface area (Å²) in [5, 5.41) is 3.38. The van der Waals surface area contributed by atoms with E-state index in [9.17, 15) is 9.18 Å². The Hall–Kier alpha value is -1.13. The third kappa shape index (κ3) is 2.82. The number of hydrogen-bond donors (Lipinski definition) is 1. The first-order chi connectivity index (χ1) is 8.61. The summed E-state index contributed by atoms with van der Waals surface area (Å²) in [5.74, 6) is -0.542. The van der Waals surface area contributed by atoms with Gasteiger partial charge in [-0.05, 0) is 38.1 Å². The number of nitrogens with one attached hydrogen (secondary N) is 1. The maximum Gasteiger partial charge on any atom is 0.255 e. The second kappa shape index (κ2) is 5.67. The summed E-state index contributed by atoms with van der Waals surface area (Å²) < 4.78 is 12.9. The average Bonchev–Trinajstić information content (AvgIpc) is 2.38. The van der Waals surface area contributed by atoms with Crippen LogP contribution < -0.4 is 5.32 Å². The first-order valence-electron chi connectivity index (χ1n) is 6.03. The predicted octanol–water partition coefficient (Wildman–Crippen LogP) is 2.30. The Morgan fingerprint density at radius 1 is 1.44 bits per heavy atom. The number of piperidine rings is 1. The summed E-state index contributed by atoms with van der Waals surface area (Å²) in [6.45, 7) is 1.41. The van der Waals surface area contributed by atoms with Gasteiger partial charge in [0.2, 0.25) is 0 Å². The lowest BCUT2D eigenvalue weighted by Gasteiger charge is -2.32. The predicted molar refractivity (Wildman–Crippen MR) is 69.4 cm³/mol. The smallest absolute Gasteiger partial charge is 0.255 e. The van der Waals surface area contributed by atoms with Crippen molar-refractivity contribution < 1.29 is 9.18 Å². The highest BCUT2D eigenvalue weighted by atomic mass is 35.5. The molecule has 0 radical (unpaired) electrons. The number of likely N-dealkylation sites (tertiary alicyclic amines) is 1. The van der Waals surface area contributed by atoms with E-state index in [4.69, 9.17) is 11.6 Å². The molecule has 0 unspecified atom stereocenters. The Kier molecular flexibility index (Phi) is 4.19. The van der Waals surface area contributed by atoms with Crippen LogP contribution in [0.5, 0.6) is 0 Å². The zero-order chi connectivity index (χ0) is 13.1. The lowest BCUT2D eigenvalue weighted by molar-refractivity contribution is 0.0707.